The Morgan fingerprint density at radius 3 is 2.58 bits per heavy atom. The van der Waals surface area contributed by atoms with Gasteiger partial charge in [0.15, 0.2) is 6.10 Å². The van der Waals surface area contributed by atoms with Crippen molar-refractivity contribution >= 4 is 12.0 Å². The van der Waals surface area contributed by atoms with Gasteiger partial charge in [0.2, 0.25) is 0 Å². The number of rotatable bonds is 6. The van der Waals surface area contributed by atoms with Crippen LogP contribution in [0, 0.1) is 0 Å². The first-order chi connectivity index (χ1) is 8.84. The normalized spacial score (nSPS) is 23.1. The van der Waals surface area contributed by atoms with Crippen LogP contribution in [-0.2, 0) is 14.3 Å². The van der Waals surface area contributed by atoms with Crippen molar-refractivity contribution in [1.82, 2.24) is 10.6 Å². The van der Waals surface area contributed by atoms with E-state index in [-0.39, 0.29) is 12.1 Å². The summed E-state index contributed by atoms with van der Waals surface area (Å²) < 4.78 is 10.4. The Morgan fingerprint density at radius 2 is 2.05 bits per heavy atom. The first-order valence-corrected chi connectivity index (χ1v) is 6.29. The van der Waals surface area contributed by atoms with Crippen LogP contribution >= 0.6 is 0 Å². The molecule has 0 spiro atoms. The van der Waals surface area contributed by atoms with Crippen LogP contribution < -0.4 is 10.6 Å². The second-order valence-electron chi connectivity index (χ2n) is 5.19. The van der Waals surface area contributed by atoms with Crippen LogP contribution in [0.15, 0.2) is 0 Å². The molecule has 110 valence electrons. The largest absolute Gasteiger partial charge is 0.479 e. The Bertz CT molecular complexity index is 332. The molecule has 1 saturated heterocycles. The lowest BCUT2D eigenvalue weighted by Gasteiger charge is -2.23. The van der Waals surface area contributed by atoms with E-state index in [1.807, 2.05) is 13.8 Å². The van der Waals surface area contributed by atoms with Gasteiger partial charge in [0.1, 0.15) is 0 Å². The second kappa shape index (κ2) is 6.72. The number of ether oxygens (including phenoxy) is 2. The lowest BCUT2D eigenvalue weighted by Crippen LogP contribution is -2.46. The summed E-state index contributed by atoms with van der Waals surface area (Å²) in [7, 11) is 1.58. The molecular weight excluding hydrogens is 252 g/mol. The Labute approximate surface area is 112 Å². The van der Waals surface area contributed by atoms with Crippen LogP contribution in [0.3, 0.4) is 0 Å². The topological polar surface area (TPSA) is 96.9 Å². The molecule has 0 aromatic rings. The molecule has 1 aliphatic heterocycles. The number of amides is 2. The van der Waals surface area contributed by atoms with E-state index in [1.165, 1.54) is 0 Å². The van der Waals surface area contributed by atoms with E-state index in [0.29, 0.717) is 25.9 Å². The van der Waals surface area contributed by atoms with Gasteiger partial charge < -0.3 is 25.2 Å². The van der Waals surface area contributed by atoms with Gasteiger partial charge in [-0.1, -0.05) is 0 Å². The predicted octanol–water partition coefficient (Wildman–Crippen LogP) is 0.343. The maximum atomic E-state index is 11.5. The van der Waals surface area contributed by atoms with Crippen LogP contribution in [0.2, 0.25) is 0 Å². The van der Waals surface area contributed by atoms with Crippen molar-refractivity contribution in [2.75, 3.05) is 20.2 Å². The van der Waals surface area contributed by atoms with E-state index in [9.17, 15) is 9.59 Å². The molecule has 0 aromatic carbocycles. The minimum Gasteiger partial charge on any atom is -0.479 e. The zero-order valence-corrected chi connectivity index (χ0v) is 11.6. The van der Waals surface area contributed by atoms with Gasteiger partial charge in [0, 0.05) is 20.2 Å². The summed E-state index contributed by atoms with van der Waals surface area (Å²) in [5.41, 5.74) is -0.421. The van der Waals surface area contributed by atoms with Gasteiger partial charge in [-0.3, -0.25) is 0 Å². The zero-order chi connectivity index (χ0) is 14.5. The monoisotopic (exact) mass is 274 g/mol. The average Bonchev–Trinajstić information content (AvgIpc) is 2.83. The van der Waals surface area contributed by atoms with E-state index < -0.39 is 17.7 Å². The molecule has 0 radical (unpaired) electrons. The van der Waals surface area contributed by atoms with Gasteiger partial charge in [0.25, 0.3) is 0 Å². The first-order valence-electron chi connectivity index (χ1n) is 6.29. The third kappa shape index (κ3) is 5.44. The molecule has 1 fully saturated rings. The van der Waals surface area contributed by atoms with Crippen molar-refractivity contribution in [3.8, 4) is 0 Å². The van der Waals surface area contributed by atoms with Gasteiger partial charge in [-0.15, -0.1) is 0 Å². The van der Waals surface area contributed by atoms with E-state index in [1.54, 1.807) is 7.11 Å². The number of methoxy groups -OCH3 is 1. The Balaban J connectivity index is 2.19. The smallest absolute Gasteiger partial charge is 0.332 e. The molecule has 0 bridgehead atoms. The number of hydrogen-bond donors (Lipinski definition) is 3. The predicted molar refractivity (Wildman–Crippen MR) is 68.0 cm³/mol. The highest BCUT2D eigenvalue weighted by Crippen LogP contribution is 2.19. The molecule has 19 heavy (non-hydrogen) atoms. The summed E-state index contributed by atoms with van der Waals surface area (Å²) in [6.45, 7) is 4.43. The standard InChI is InChI=1S/C12H22N2O5/c1-12(2,18-3)7-14-11(17)13-6-8-4-5-9(19-8)10(15)16/h8-9H,4-7H2,1-3H3,(H,15,16)(H2,13,14,17). The quantitative estimate of drug-likeness (QED) is 0.649. The minimum atomic E-state index is -0.950. The number of carboxylic acid groups (broad SMARTS) is 1. The number of urea groups is 1. The molecule has 0 saturated carbocycles. The molecule has 1 rings (SSSR count). The van der Waals surface area contributed by atoms with Crippen molar-refractivity contribution in [2.45, 2.75) is 44.5 Å². The van der Waals surface area contributed by atoms with E-state index in [0.717, 1.165) is 0 Å². The van der Waals surface area contributed by atoms with Gasteiger partial charge >= 0.3 is 12.0 Å². The fourth-order valence-corrected chi connectivity index (χ4v) is 1.67. The molecule has 1 heterocycles. The highest BCUT2D eigenvalue weighted by Gasteiger charge is 2.30. The number of carboxylic acids is 1. The van der Waals surface area contributed by atoms with Crippen LogP contribution in [0.1, 0.15) is 26.7 Å². The number of carbonyl (C=O) groups is 2. The third-order valence-electron chi connectivity index (χ3n) is 3.10. The van der Waals surface area contributed by atoms with Crippen LogP contribution in [-0.4, -0.2) is 55.1 Å². The Morgan fingerprint density at radius 1 is 1.37 bits per heavy atom. The second-order valence-corrected chi connectivity index (χ2v) is 5.19. The summed E-state index contributed by atoms with van der Waals surface area (Å²) >= 11 is 0. The lowest BCUT2D eigenvalue weighted by atomic mass is 10.1. The van der Waals surface area contributed by atoms with E-state index in [2.05, 4.69) is 10.6 Å². The van der Waals surface area contributed by atoms with E-state index in [4.69, 9.17) is 14.6 Å². The number of carbonyl (C=O) groups excluding carboxylic acids is 1. The Hall–Kier alpha value is -1.34. The Kier molecular flexibility index (Phi) is 5.56. The molecule has 2 unspecified atom stereocenters. The molecule has 0 aliphatic carbocycles. The highest BCUT2D eigenvalue weighted by atomic mass is 16.5. The molecule has 0 aromatic heterocycles. The van der Waals surface area contributed by atoms with Crippen LogP contribution in [0.25, 0.3) is 0 Å². The highest BCUT2D eigenvalue weighted by molar-refractivity contribution is 5.74. The van der Waals surface area contributed by atoms with Crippen LogP contribution in [0.4, 0.5) is 4.79 Å². The summed E-state index contributed by atoms with van der Waals surface area (Å²) in [6, 6.07) is -0.312. The average molecular weight is 274 g/mol. The summed E-state index contributed by atoms with van der Waals surface area (Å²) in [5, 5.41) is 14.1. The van der Waals surface area contributed by atoms with Gasteiger partial charge in [0.05, 0.1) is 11.7 Å². The molecule has 2 amide bonds. The van der Waals surface area contributed by atoms with Crippen molar-refractivity contribution in [2.24, 2.45) is 0 Å². The van der Waals surface area contributed by atoms with Crippen molar-refractivity contribution < 1.29 is 24.2 Å². The SMILES string of the molecule is COC(C)(C)CNC(=O)NCC1CCC(C(=O)O)O1. The summed E-state index contributed by atoms with van der Waals surface area (Å²) in [5.74, 6) is -0.950. The van der Waals surface area contributed by atoms with Gasteiger partial charge in [-0.05, 0) is 26.7 Å². The maximum absolute atomic E-state index is 11.5. The van der Waals surface area contributed by atoms with Crippen molar-refractivity contribution in [1.29, 1.82) is 0 Å². The fourth-order valence-electron chi connectivity index (χ4n) is 1.67. The number of nitrogens with one attached hydrogen (secondary N) is 2. The number of hydrogen-bond acceptors (Lipinski definition) is 4. The number of aliphatic carboxylic acids is 1. The fraction of sp³-hybridized carbons (Fsp3) is 0.833. The van der Waals surface area contributed by atoms with Crippen molar-refractivity contribution in [3.63, 3.8) is 0 Å². The van der Waals surface area contributed by atoms with Crippen molar-refractivity contribution in [3.05, 3.63) is 0 Å². The van der Waals surface area contributed by atoms with Gasteiger partial charge in [-0.25, -0.2) is 9.59 Å². The summed E-state index contributed by atoms with van der Waals surface area (Å²) in [6.07, 6.45) is 0.144. The molecule has 7 heteroatoms. The zero-order valence-electron chi connectivity index (χ0n) is 11.6. The van der Waals surface area contributed by atoms with Gasteiger partial charge in [-0.2, -0.15) is 0 Å². The molecular formula is C12H22N2O5. The summed E-state index contributed by atoms with van der Waals surface area (Å²) in [4.78, 5) is 22.2. The maximum Gasteiger partial charge on any atom is 0.332 e. The molecule has 2 atom stereocenters. The first kappa shape index (κ1) is 15.7. The lowest BCUT2D eigenvalue weighted by molar-refractivity contribution is -0.149. The van der Waals surface area contributed by atoms with E-state index >= 15 is 0 Å². The molecule has 7 nitrogen and oxygen atoms in total. The molecule has 3 N–H and O–H groups in total. The third-order valence-corrected chi connectivity index (χ3v) is 3.10. The minimum absolute atomic E-state index is 0.234. The van der Waals surface area contributed by atoms with Crippen LogP contribution in [0.5, 0.6) is 0 Å². The molecule has 1 aliphatic rings.